The number of hydrogen-bond acceptors (Lipinski definition) is 2. The van der Waals surface area contributed by atoms with Gasteiger partial charge in [0.2, 0.25) is 11.8 Å². The summed E-state index contributed by atoms with van der Waals surface area (Å²) in [6.07, 6.45) is 4.26. The van der Waals surface area contributed by atoms with Crippen molar-refractivity contribution in [1.82, 2.24) is 0 Å². The van der Waals surface area contributed by atoms with Crippen LogP contribution in [0.15, 0.2) is 91.0 Å². The first-order valence-corrected chi connectivity index (χ1v) is 10.8. The van der Waals surface area contributed by atoms with Crippen LogP contribution in [0.1, 0.15) is 34.1 Å². The molecule has 2 amide bonds. The Morgan fingerprint density at radius 2 is 1.13 bits per heavy atom. The topological polar surface area (TPSA) is 37.4 Å². The van der Waals surface area contributed by atoms with E-state index in [1.807, 2.05) is 92.7 Å². The van der Waals surface area contributed by atoms with Crippen LogP contribution in [0.4, 0.5) is 5.69 Å². The van der Waals surface area contributed by atoms with Gasteiger partial charge in [-0.3, -0.25) is 9.59 Å². The van der Waals surface area contributed by atoms with Crippen LogP contribution in [0, 0.1) is 25.7 Å². The summed E-state index contributed by atoms with van der Waals surface area (Å²) in [6.45, 7) is 3.95. The second kappa shape index (κ2) is 7.66. The monoisotopic (exact) mass is 407 g/mol. The van der Waals surface area contributed by atoms with E-state index in [9.17, 15) is 9.59 Å². The Bertz CT molecular complexity index is 1100. The van der Waals surface area contributed by atoms with Gasteiger partial charge in [0, 0.05) is 11.8 Å². The molecule has 31 heavy (non-hydrogen) atoms. The van der Waals surface area contributed by atoms with E-state index >= 15 is 0 Å². The standard InChI is InChI=1S/C28H25NO2/c1-18-13-14-19(2)24(17-18)29-27(30)25-22(20-9-5-3-6-10-20)15-16-23(26(25)28(29)31)21-11-7-4-8-12-21/h3-17,22-23,25-26H,1-2H3/t22-,23-,25-,26+/m1/s1. The summed E-state index contributed by atoms with van der Waals surface area (Å²) in [6, 6.07) is 26.1. The van der Waals surface area contributed by atoms with Gasteiger partial charge < -0.3 is 0 Å². The fourth-order valence-electron chi connectivity index (χ4n) is 5.13. The zero-order valence-electron chi connectivity index (χ0n) is 17.7. The molecule has 0 unspecified atom stereocenters. The Balaban J connectivity index is 1.65. The number of fused-ring (bicyclic) bond motifs is 1. The average Bonchev–Trinajstić information content (AvgIpc) is 3.07. The fraction of sp³-hybridized carbons (Fsp3) is 0.214. The quantitative estimate of drug-likeness (QED) is 0.422. The predicted molar refractivity (Wildman–Crippen MR) is 123 cm³/mol. The van der Waals surface area contributed by atoms with E-state index in [0.29, 0.717) is 5.69 Å². The van der Waals surface area contributed by atoms with Gasteiger partial charge in [0.05, 0.1) is 17.5 Å². The molecule has 0 bridgehead atoms. The second-order valence-electron chi connectivity index (χ2n) is 8.61. The maximum Gasteiger partial charge on any atom is 0.238 e. The molecule has 1 aliphatic carbocycles. The Hall–Kier alpha value is -3.46. The molecule has 0 N–H and O–H groups in total. The maximum absolute atomic E-state index is 13.8. The van der Waals surface area contributed by atoms with Gasteiger partial charge in [0.25, 0.3) is 0 Å². The van der Waals surface area contributed by atoms with Crippen LogP contribution >= 0.6 is 0 Å². The molecule has 1 saturated heterocycles. The molecule has 1 fully saturated rings. The van der Waals surface area contributed by atoms with Crippen LogP contribution in [0.5, 0.6) is 0 Å². The molecule has 1 aliphatic heterocycles. The van der Waals surface area contributed by atoms with E-state index in [-0.39, 0.29) is 23.7 Å². The number of carbonyl (C=O) groups excluding carboxylic acids is 2. The van der Waals surface area contributed by atoms with Crippen LogP contribution in [-0.4, -0.2) is 11.8 Å². The number of allylic oxidation sites excluding steroid dienone is 2. The first-order chi connectivity index (χ1) is 15.1. The molecule has 5 rings (SSSR count). The molecular formula is C28H25NO2. The zero-order chi connectivity index (χ0) is 21.5. The minimum atomic E-state index is -0.412. The SMILES string of the molecule is Cc1ccc(C)c(N2C(=O)[C@@H]3[C@H](C2=O)[C@@H](c2ccccc2)C=C[C@@H]3c2ccccc2)c1. The number of carbonyl (C=O) groups is 2. The summed E-state index contributed by atoms with van der Waals surface area (Å²) >= 11 is 0. The third kappa shape index (κ3) is 3.21. The van der Waals surface area contributed by atoms with Crippen molar-refractivity contribution in [3.05, 3.63) is 113 Å². The zero-order valence-corrected chi connectivity index (χ0v) is 17.7. The molecule has 0 spiro atoms. The molecule has 0 aromatic heterocycles. The van der Waals surface area contributed by atoms with Gasteiger partial charge in [-0.25, -0.2) is 4.90 Å². The van der Waals surface area contributed by atoms with Gasteiger partial charge in [0.15, 0.2) is 0 Å². The van der Waals surface area contributed by atoms with Gasteiger partial charge in [-0.1, -0.05) is 84.9 Å². The predicted octanol–water partition coefficient (Wildman–Crippen LogP) is 5.55. The molecule has 4 atom stereocenters. The van der Waals surface area contributed by atoms with Crippen LogP contribution in [0.25, 0.3) is 0 Å². The van der Waals surface area contributed by atoms with Crippen molar-refractivity contribution in [2.45, 2.75) is 25.7 Å². The highest BCUT2D eigenvalue weighted by atomic mass is 16.2. The van der Waals surface area contributed by atoms with Gasteiger partial charge in [-0.15, -0.1) is 0 Å². The lowest BCUT2D eigenvalue weighted by molar-refractivity contribution is -0.122. The number of anilines is 1. The number of hydrogen-bond donors (Lipinski definition) is 0. The van der Waals surface area contributed by atoms with E-state index in [1.165, 1.54) is 4.90 Å². The van der Waals surface area contributed by atoms with Crippen LogP contribution in [0.3, 0.4) is 0 Å². The van der Waals surface area contributed by atoms with Crippen molar-refractivity contribution in [2.24, 2.45) is 11.8 Å². The lowest BCUT2D eigenvalue weighted by Crippen LogP contribution is -2.32. The number of amides is 2. The minimum absolute atomic E-state index is 0.0946. The lowest BCUT2D eigenvalue weighted by Gasteiger charge is -2.32. The average molecular weight is 408 g/mol. The highest BCUT2D eigenvalue weighted by Gasteiger charge is 2.55. The minimum Gasteiger partial charge on any atom is -0.274 e. The van der Waals surface area contributed by atoms with Crippen LogP contribution < -0.4 is 4.90 Å². The highest BCUT2D eigenvalue weighted by molar-refractivity contribution is 6.23. The molecule has 0 radical (unpaired) electrons. The molecule has 1 heterocycles. The van der Waals surface area contributed by atoms with Crippen molar-refractivity contribution in [2.75, 3.05) is 4.90 Å². The molecule has 3 nitrogen and oxygen atoms in total. The van der Waals surface area contributed by atoms with Crippen molar-refractivity contribution in [3.8, 4) is 0 Å². The first-order valence-electron chi connectivity index (χ1n) is 10.8. The lowest BCUT2D eigenvalue weighted by atomic mass is 9.68. The molecule has 0 saturated carbocycles. The van der Waals surface area contributed by atoms with E-state index in [0.717, 1.165) is 22.3 Å². The molecule has 3 aromatic rings. The Labute approximate surface area is 183 Å². The van der Waals surface area contributed by atoms with Gasteiger partial charge in [0.1, 0.15) is 0 Å². The first kappa shape index (κ1) is 19.5. The number of imide groups is 1. The largest absolute Gasteiger partial charge is 0.274 e. The van der Waals surface area contributed by atoms with Crippen LogP contribution in [0.2, 0.25) is 0 Å². The Kier molecular flexibility index (Phi) is 4.82. The normalized spacial score (nSPS) is 25.0. The number of aryl methyl sites for hydroxylation is 2. The Morgan fingerprint density at radius 1 is 0.645 bits per heavy atom. The van der Waals surface area contributed by atoms with E-state index < -0.39 is 11.8 Å². The molecule has 154 valence electrons. The summed E-state index contributed by atoms with van der Waals surface area (Å²) in [5, 5.41) is 0. The summed E-state index contributed by atoms with van der Waals surface area (Å²) < 4.78 is 0. The van der Waals surface area contributed by atoms with Crippen LogP contribution in [-0.2, 0) is 9.59 Å². The van der Waals surface area contributed by atoms with E-state index in [1.54, 1.807) is 0 Å². The van der Waals surface area contributed by atoms with Gasteiger partial charge in [-0.05, 0) is 42.2 Å². The summed E-state index contributed by atoms with van der Waals surface area (Å²) in [4.78, 5) is 29.1. The third-order valence-electron chi connectivity index (χ3n) is 6.67. The summed E-state index contributed by atoms with van der Waals surface area (Å²) in [7, 11) is 0. The molecule has 2 aliphatic rings. The van der Waals surface area contributed by atoms with Crippen molar-refractivity contribution in [3.63, 3.8) is 0 Å². The number of nitrogens with zero attached hydrogens (tertiary/aromatic N) is 1. The van der Waals surface area contributed by atoms with Crippen molar-refractivity contribution < 1.29 is 9.59 Å². The summed E-state index contributed by atoms with van der Waals surface area (Å²) in [5.74, 6) is -1.24. The Morgan fingerprint density at radius 3 is 1.61 bits per heavy atom. The molecular weight excluding hydrogens is 382 g/mol. The fourth-order valence-corrected chi connectivity index (χ4v) is 5.13. The third-order valence-corrected chi connectivity index (χ3v) is 6.67. The highest BCUT2D eigenvalue weighted by Crippen LogP contribution is 2.50. The van der Waals surface area contributed by atoms with Gasteiger partial charge in [-0.2, -0.15) is 0 Å². The van der Waals surface area contributed by atoms with E-state index in [2.05, 4.69) is 12.2 Å². The number of benzene rings is 3. The number of rotatable bonds is 3. The second-order valence-corrected chi connectivity index (χ2v) is 8.61. The van der Waals surface area contributed by atoms with E-state index in [4.69, 9.17) is 0 Å². The van der Waals surface area contributed by atoms with Crippen molar-refractivity contribution in [1.29, 1.82) is 0 Å². The van der Waals surface area contributed by atoms with Gasteiger partial charge >= 0.3 is 0 Å². The summed E-state index contributed by atoms with van der Waals surface area (Å²) in [5.41, 5.74) is 4.83. The van der Waals surface area contributed by atoms with Crippen molar-refractivity contribution >= 4 is 17.5 Å². The molecule has 3 heteroatoms. The maximum atomic E-state index is 13.8. The molecule has 3 aromatic carbocycles. The smallest absolute Gasteiger partial charge is 0.238 e.